The zero-order chi connectivity index (χ0) is 20.2. The molecule has 0 aliphatic carbocycles. The predicted molar refractivity (Wildman–Crippen MR) is 97.6 cm³/mol. The van der Waals surface area contributed by atoms with Crippen LogP contribution in [0.3, 0.4) is 0 Å². The second-order valence-corrected chi connectivity index (χ2v) is 5.85. The van der Waals surface area contributed by atoms with Gasteiger partial charge in [0, 0.05) is 12.2 Å². The van der Waals surface area contributed by atoms with Crippen molar-refractivity contribution in [3.05, 3.63) is 29.8 Å². The third-order valence-electron chi connectivity index (χ3n) is 3.52. The van der Waals surface area contributed by atoms with Crippen molar-refractivity contribution < 1.29 is 29.4 Å². The summed E-state index contributed by atoms with van der Waals surface area (Å²) < 4.78 is 0. The Kier molecular flexibility index (Phi) is 9.13. The van der Waals surface area contributed by atoms with Crippen LogP contribution in [0.4, 0.5) is 15.3 Å². The number of aryl methyl sites for hydroxylation is 1. The van der Waals surface area contributed by atoms with Crippen LogP contribution in [0, 0.1) is 6.92 Å². The van der Waals surface area contributed by atoms with E-state index in [2.05, 4.69) is 16.0 Å². The third kappa shape index (κ3) is 9.68. The number of hydrogen-bond acceptors (Lipinski definition) is 4. The maximum atomic E-state index is 11.7. The number of amides is 4. The Morgan fingerprint density at radius 3 is 2.22 bits per heavy atom. The zero-order valence-corrected chi connectivity index (χ0v) is 14.9. The second kappa shape index (κ2) is 11.3. The molecule has 1 atom stereocenters. The number of benzene rings is 1. The first-order valence-electron chi connectivity index (χ1n) is 8.38. The van der Waals surface area contributed by atoms with Gasteiger partial charge in [-0.3, -0.25) is 4.79 Å². The van der Waals surface area contributed by atoms with Crippen LogP contribution in [0.15, 0.2) is 24.3 Å². The van der Waals surface area contributed by atoms with Crippen LogP contribution in [0.1, 0.15) is 24.8 Å². The lowest BCUT2D eigenvalue weighted by Gasteiger charge is -2.14. The normalized spacial score (nSPS) is 11.1. The van der Waals surface area contributed by atoms with Crippen molar-refractivity contribution in [3.63, 3.8) is 0 Å². The van der Waals surface area contributed by atoms with E-state index in [0.29, 0.717) is 25.1 Å². The first-order chi connectivity index (χ1) is 12.8. The van der Waals surface area contributed by atoms with E-state index in [1.54, 1.807) is 12.1 Å². The molecular weight excluding hydrogens is 356 g/mol. The van der Waals surface area contributed by atoms with Crippen LogP contribution in [-0.4, -0.2) is 53.3 Å². The summed E-state index contributed by atoms with van der Waals surface area (Å²) in [5.74, 6) is -2.45. The van der Waals surface area contributed by atoms with Gasteiger partial charge in [-0.05, 0) is 38.3 Å². The van der Waals surface area contributed by atoms with Gasteiger partial charge in [-0.15, -0.1) is 0 Å². The fourth-order valence-corrected chi connectivity index (χ4v) is 2.11. The number of carbonyl (C=O) groups is 4. The second-order valence-electron chi connectivity index (χ2n) is 5.85. The van der Waals surface area contributed by atoms with Gasteiger partial charge < -0.3 is 31.5 Å². The van der Waals surface area contributed by atoms with E-state index < -0.39 is 30.6 Å². The number of carboxylic acids is 2. The van der Waals surface area contributed by atoms with Crippen molar-refractivity contribution in [3.8, 4) is 0 Å². The molecule has 0 aliphatic heterocycles. The smallest absolute Gasteiger partial charge is 0.326 e. The molecule has 6 N–H and O–H groups in total. The van der Waals surface area contributed by atoms with Crippen LogP contribution in [-0.2, 0) is 9.59 Å². The number of aliphatic carboxylic acids is 2. The van der Waals surface area contributed by atoms with Gasteiger partial charge in [0.15, 0.2) is 0 Å². The fraction of sp³-hybridized carbons (Fsp3) is 0.412. The van der Waals surface area contributed by atoms with E-state index in [9.17, 15) is 19.2 Å². The van der Waals surface area contributed by atoms with E-state index >= 15 is 0 Å². The van der Waals surface area contributed by atoms with Crippen molar-refractivity contribution in [1.82, 2.24) is 16.0 Å². The van der Waals surface area contributed by atoms with Crippen LogP contribution in [0.2, 0.25) is 0 Å². The molecule has 0 saturated carbocycles. The Hall–Kier alpha value is -3.30. The topological polar surface area (TPSA) is 157 Å². The monoisotopic (exact) mass is 380 g/mol. The Labute approximate surface area is 156 Å². The summed E-state index contributed by atoms with van der Waals surface area (Å²) in [5, 5.41) is 27.1. The number of rotatable bonds is 10. The van der Waals surface area contributed by atoms with Gasteiger partial charge in [0.05, 0.1) is 0 Å². The van der Waals surface area contributed by atoms with Crippen LogP contribution in [0.5, 0.6) is 0 Å². The molecule has 0 aromatic heterocycles. The Morgan fingerprint density at radius 2 is 1.63 bits per heavy atom. The highest BCUT2D eigenvalue weighted by atomic mass is 16.4. The average molecular weight is 380 g/mol. The molecule has 1 unspecified atom stereocenters. The summed E-state index contributed by atoms with van der Waals surface area (Å²) in [7, 11) is 0. The minimum atomic E-state index is -1.23. The lowest BCUT2D eigenvalue weighted by molar-refractivity contribution is -0.139. The molecule has 148 valence electrons. The molecular formula is C17H24N4O6. The first kappa shape index (κ1) is 21.7. The summed E-state index contributed by atoms with van der Waals surface area (Å²) in [4.78, 5) is 44.7. The molecule has 1 aromatic carbocycles. The largest absolute Gasteiger partial charge is 0.480 e. The van der Waals surface area contributed by atoms with Crippen LogP contribution >= 0.6 is 0 Å². The number of nitrogens with one attached hydrogen (secondary N) is 4. The molecule has 0 heterocycles. The summed E-state index contributed by atoms with van der Waals surface area (Å²) in [6, 6.07) is 4.96. The number of carboxylic acid groups (broad SMARTS) is 2. The maximum Gasteiger partial charge on any atom is 0.326 e. The van der Waals surface area contributed by atoms with Crippen LogP contribution < -0.4 is 21.3 Å². The Bertz CT molecular complexity index is 662. The number of anilines is 1. The molecule has 10 heteroatoms. The number of unbranched alkanes of at least 4 members (excludes halogenated alkanes) is 1. The Morgan fingerprint density at radius 1 is 0.963 bits per heavy atom. The number of urea groups is 2. The van der Waals surface area contributed by atoms with E-state index in [4.69, 9.17) is 10.2 Å². The molecule has 0 saturated heterocycles. The van der Waals surface area contributed by atoms with Gasteiger partial charge in [-0.25, -0.2) is 14.4 Å². The first-order valence-corrected chi connectivity index (χ1v) is 8.38. The Balaban J connectivity index is 2.24. The lowest BCUT2D eigenvalue weighted by Crippen LogP contribution is -2.47. The van der Waals surface area contributed by atoms with Crippen molar-refractivity contribution in [2.45, 2.75) is 32.2 Å². The molecule has 0 spiro atoms. The van der Waals surface area contributed by atoms with E-state index in [1.807, 2.05) is 24.4 Å². The fourth-order valence-electron chi connectivity index (χ4n) is 2.11. The van der Waals surface area contributed by atoms with Gasteiger partial charge >= 0.3 is 24.0 Å². The highest BCUT2D eigenvalue weighted by Gasteiger charge is 2.19. The summed E-state index contributed by atoms with van der Waals surface area (Å²) in [6.45, 7) is 1.69. The standard InChI is InChI=1S/C17H24N4O6/c1-11-5-7-12(8-6-11)20-16(26)18-9-3-2-4-13(15(24)25)21-17(27)19-10-14(22)23/h5-8,13H,2-4,9-10H2,1H3,(H,22,23)(H,24,25)(H2,18,20,26)(H2,19,21,27). The molecule has 1 rings (SSSR count). The highest BCUT2D eigenvalue weighted by Crippen LogP contribution is 2.08. The van der Waals surface area contributed by atoms with Gasteiger partial charge in [-0.1, -0.05) is 17.7 Å². The molecule has 0 bridgehead atoms. The molecule has 0 fully saturated rings. The summed E-state index contributed by atoms with van der Waals surface area (Å²) >= 11 is 0. The molecule has 4 amide bonds. The van der Waals surface area contributed by atoms with Crippen molar-refractivity contribution in [2.24, 2.45) is 0 Å². The third-order valence-corrected chi connectivity index (χ3v) is 3.52. The lowest BCUT2D eigenvalue weighted by atomic mass is 10.1. The maximum absolute atomic E-state index is 11.7. The van der Waals surface area contributed by atoms with Crippen molar-refractivity contribution >= 4 is 29.7 Å². The SMILES string of the molecule is Cc1ccc(NC(=O)NCCCCC(NC(=O)NCC(=O)O)C(=O)O)cc1. The van der Waals surface area contributed by atoms with Crippen molar-refractivity contribution in [2.75, 3.05) is 18.4 Å². The van der Waals surface area contributed by atoms with E-state index in [0.717, 1.165) is 5.56 Å². The average Bonchev–Trinajstić information content (AvgIpc) is 2.60. The minimum absolute atomic E-state index is 0.150. The summed E-state index contributed by atoms with van der Waals surface area (Å²) in [6.07, 6.45) is 1.11. The van der Waals surface area contributed by atoms with Gasteiger partial charge in [0.1, 0.15) is 12.6 Å². The minimum Gasteiger partial charge on any atom is -0.480 e. The quantitative estimate of drug-likeness (QED) is 0.334. The number of carbonyl (C=O) groups excluding carboxylic acids is 2. The molecule has 0 aliphatic rings. The number of hydrogen-bond donors (Lipinski definition) is 6. The molecule has 0 radical (unpaired) electrons. The molecule has 1 aromatic rings. The summed E-state index contributed by atoms with van der Waals surface area (Å²) in [5.41, 5.74) is 1.75. The van der Waals surface area contributed by atoms with Crippen molar-refractivity contribution in [1.29, 1.82) is 0 Å². The predicted octanol–water partition coefficient (Wildman–Crippen LogP) is 1.12. The van der Waals surface area contributed by atoms with Gasteiger partial charge in [0.2, 0.25) is 0 Å². The zero-order valence-electron chi connectivity index (χ0n) is 14.9. The van der Waals surface area contributed by atoms with Gasteiger partial charge in [0.25, 0.3) is 0 Å². The van der Waals surface area contributed by atoms with E-state index in [-0.39, 0.29) is 12.5 Å². The highest BCUT2D eigenvalue weighted by molar-refractivity contribution is 5.89. The van der Waals surface area contributed by atoms with E-state index in [1.165, 1.54) is 0 Å². The molecule has 10 nitrogen and oxygen atoms in total. The van der Waals surface area contributed by atoms with Gasteiger partial charge in [-0.2, -0.15) is 0 Å². The van der Waals surface area contributed by atoms with Crippen LogP contribution in [0.25, 0.3) is 0 Å². The molecule has 27 heavy (non-hydrogen) atoms.